The molecule has 206 valence electrons. The molecule has 4 amide bonds. The molecule has 1 heterocycles. The normalized spacial score (nSPS) is 23.8. The predicted molar refractivity (Wildman–Crippen MR) is 144 cm³/mol. The smallest absolute Gasteiger partial charge is 0.319 e. The van der Waals surface area contributed by atoms with E-state index in [1.807, 2.05) is 18.7 Å². The van der Waals surface area contributed by atoms with Crippen LogP contribution in [0.4, 0.5) is 10.5 Å². The Hall–Kier alpha value is -2.81. The molecular formula is C28H44N4O5. The molecular weight excluding hydrogens is 472 g/mol. The summed E-state index contributed by atoms with van der Waals surface area (Å²) < 4.78 is 12.0. The standard InChI is InChI=1S/C28H44N4O5/c1-6-14-29-28(35)30-22-12-13-23-24(15-22)37-18-20(3)32(26(33)21-10-8-7-9-11-21)16-19(2)25(36-5)17-31(4)27(23)34/h12-13,15,19-21,25H,6-11,14,16-18H2,1-5H3,(H2,29,30,35)/t19-,20-,25+/m0/s1. The number of nitrogens with one attached hydrogen (secondary N) is 2. The Labute approximate surface area is 221 Å². The van der Waals surface area contributed by atoms with E-state index in [9.17, 15) is 14.4 Å². The summed E-state index contributed by atoms with van der Waals surface area (Å²) in [5.74, 6) is 0.454. The number of ether oxygens (including phenoxy) is 2. The van der Waals surface area contributed by atoms with Gasteiger partial charge in [-0.25, -0.2) is 4.79 Å². The molecule has 1 aromatic rings. The lowest BCUT2D eigenvalue weighted by Crippen LogP contribution is -2.50. The van der Waals surface area contributed by atoms with E-state index in [0.29, 0.717) is 36.6 Å². The molecule has 37 heavy (non-hydrogen) atoms. The first-order valence-electron chi connectivity index (χ1n) is 13.7. The monoisotopic (exact) mass is 516 g/mol. The molecule has 1 saturated carbocycles. The third-order valence-corrected chi connectivity index (χ3v) is 7.48. The number of carbonyl (C=O) groups is 3. The third kappa shape index (κ3) is 7.60. The van der Waals surface area contributed by atoms with Crippen molar-refractivity contribution >= 4 is 23.5 Å². The highest BCUT2D eigenvalue weighted by Crippen LogP contribution is 2.29. The van der Waals surface area contributed by atoms with Gasteiger partial charge in [0.2, 0.25) is 5.91 Å². The van der Waals surface area contributed by atoms with E-state index in [0.717, 1.165) is 32.1 Å². The molecule has 0 radical (unpaired) electrons. The lowest BCUT2D eigenvalue weighted by atomic mass is 9.87. The highest BCUT2D eigenvalue weighted by Gasteiger charge is 2.33. The Morgan fingerprint density at radius 1 is 1.14 bits per heavy atom. The van der Waals surface area contributed by atoms with Crippen molar-refractivity contribution in [3.8, 4) is 5.75 Å². The number of nitrogens with zero attached hydrogens (tertiary/aromatic N) is 2. The van der Waals surface area contributed by atoms with Crippen LogP contribution < -0.4 is 15.4 Å². The fourth-order valence-electron chi connectivity index (χ4n) is 5.15. The van der Waals surface area contributed by atoms with Crippen molar-refractivity contribution in [2.24, 2.45) is 11.8 Å². The first-order chi connectivity index (χ1) is 17.7. The lowest BCUT2D eigenvalue weighted by molar-refractivity contribution is -0.141. The summed E-state index contributed by atoms with van der Waals surface area (Å²) in [6.45, 7) is 7.77. The van der Waals surface area contributed by atoms with Gasteiger partial charge in [-0.3, -0.25) is 9.59 Å². The fraction of sp³-hybridized carbons (Fsp3) is 0.679. The van der Waals surface area contributed by atoms with E-state index < -0.39 is 0 Å². The third-order valence-electron chi connectivity index (χ3n) is 7.48. The summed E-state index contributed by atoms with van der Waals surface area (Å²) in [5, 5.41) is 5.58. The highest BCUT2D eigenvalue weighted by molar-refractivity contribution is 5.98. The summed E-state index contributed by atoms with van der Waals surface area (Å²) in [6.07, 6.45) is 5.83. The van der Waals surface area contributed by atoms with E-state index in [1.54, 1.807) is 37.3 Å². The first kappa shape index (κ1) is 28.8. The van der Waals surface area contributed by atoms with Gasteiger partial charge >= 0.3 is 6.03 Å². The average molecular weight is 517 g/mol. The summed E-state index contributed by atoms with van der Waals surface area (Å²) in [7, 11) is 3.40. The van der Waals surface area contributed by atoms with Crippen molar-refractivity contribution in [3.63, 3.8) is 0 Å². The Balaban J connectivity index is 1.90. The van der Waals surface area contributed by atoms with Gasteiger partial charge in [0.25, 0.3) is 5.91 Å². The minimum atomic E-state index is -0.312. The van der Waals surface area contributed by atoms with E-state index in [1.165, 1.54) is 6.42 Å². The molecule has 3 atom stereocenters. The van der Waals surface area contributed by atoms with Crippen molar-refractivity contribution < 1.29 is 23.9 Å². The molecule has 0 spiro atoms. The van der Waals surface area contributed by atoms with E-state index in [2.05, 4.69) is 17.6 Å². The molecule has 1 aromatic carbocycles. The molecule has 2 aliphatic rings. The van der Waals surface area contributed by atoms with Crippen LogP contribution in [0.3, 0.4) is 0 Å². The molecule has 0 unspecified atom stereocenters. The number of hydrogen-bond acceptors (Lipinski definition) is 5. The highest BCUT2D eigenvalue weighted by atomic mass is 16.5. The number of urea groups is 1. The molecule has 2 N–H and O–H groups in total. The summed E-state index contributed by atoms with van der Waals surface area (Å²) in [5.41, 5.74) is 0.934. The number of fused-ring (bicyclic) bond motifs is 1. The quantitative estimate of drug-likeness (QED) is 0.613. The number of carbonyl (C=O) groups excluding carboxylic acids is 3. The molecule has 0 bridgehead atoms. The maximum atomic E-state index is 13.7. The maximum absolute atomic E-state index is 13.7. The van der Waals surface area contributed by atoms with Gasteiger partial charge in [0.05, 0.1) is 17.7 Å². The zero-order chi connectivity index (χ0) is 26.9. The van der Waals surface area contributed by atoms with Crippen molar-refractivity contribution in [1.82, 2.24) is 15.1 Å². The SMILES string of the molecule is CCCNC(=O)Nc1ccc2c(c1)OC[C@H](C)N(C(=O)C1CCCCC1)C[C@H](C)[C@H](OC)CN(C)C2=O. The van der Waals surface area contributed by atoms with Crippen LogP contribution in [-0.2, 0) is 9.53 Å². The van der Waals surface area contributed by atoms with Crippen molar-refractivity contribution in [2.45, 2.75) is 71.4 Å². The average Bonchev–Trinajstić information content (AvgIpc) is 2.91. The van der Waals surface area contributed by atoms with Gasteiger partial charge in [0.1, 0.15) is 12.4 Å². The van der Waals surface area contributed by atoms with Crippen LogP contribution in [0.25, 0.3) is 0 Å². The Morgan fingerprint density at radius 3 is 2.54 bits per heavy atom. The number of benzene rings is 1. The Kier molecular flexibility index (Phi) is 10.6. The number of amides is 4. The second kappa shape index (κ2) is 13.7. The zero-order valence-corrected chi connectivity index (χ0v) is 23.0. The van der Waals surface area contributed by atoms with Crippen LogP contribution in [-0.4, -0.2) is 80.2 Å². The van der Waals surface area contributed by atoms with Gasteiger partial charge in [-0.15, -0.1) is 0 Å². The van der Waals surface area contributed by atoms with Gasteiger partial charge in [-0.2, -0.15) is 0 Å². The van der Waals surface area contributed by atoms with Crippen LogP contribution in [0.15, 0.2) is 18.2 Å². The zero-order valence-electron chi connectivity index (χ0n) is 23.0. The van der Waals surface area contributed by atoms with Crippen molar-refractivity contribution in [1.29, 1.82) is 0 Å². The van der Waals surface area contributed by atoms with E-state index >= 15 is 0 Å². The molecule has 9 nitrogen and oxygen atoms in total. The molecule has 1 fully saturated rings. The van der Waals surface area contributed by atoms with Crippen LogP contribution in [0.1, 0.15) is 69.7 Å². The maximum Gasteiger partial charge on any atom is 0.319 e. The topological polar surface area (TPSA) is 100 Å². The largest absolute Gasteiger partial charge is 0.491 e. The second-order valence-electron chi connectivity index (χ2n) is 10.5. The van der Waals surface area contributed by atoms with Gasteiger partial charge in [0, 0.05) is 57.4 Å². The van der Waals surface area contributed by atoms with Crippen molar-refractivity contribution in [3.05, 3.63) is 23.8 Å². The fourth-order valence-corrected chi connectivity index (χ4v) is 5.15. The lowest BCUT2D eigenvalue weighted by Gasteiger charge is -2.38. The number of likely N-dealkylation sites (N-methyl/N-ethyl adjacent to an activating group) is 1. The van der Waals surface area contributed by atoms with Gasteiger partial charge in [-0.1, -0.05) is 33.1 Å². The molecule has 3 rings (SSSR count). The van der Waals surface area contributed by atoms with Gasteiger partial charge in [0.15, 0.2) is 0 Å². The number of hydrogen-bond donors (Lipinski definition) is 2. The minimum absolute atomic E-state index is 0.0300. The Morgan fingerprint density at radius 2 is 1.86 bits per heavy atom. The molecule has 1 aliphatic heterocycles. The molecule has 1 aliphatic carbocycles. The molecule has 9 heteroatoms. The summed E-state index contributed by atoms with van der Waals surface area (Å²) in [6, 6.07) is 4.54. The molecule has 0 saturated heterocycles. The van der Waals surface area contributed by atoms with Gasteiger partial charge in [-0.05, 0) is 38.3 Å². The number of anilines is 1. The van der Waals surface area contributed by atoms with Crippen LogP contribution in [0, 0.1) is 11.8 Å². The Bertz CT molecular complexity index is 933. The minimum Gasteiger partial charge on any atom is -0.491 e. The van der Waals surface area contributed by atoms with Crippen LogP contribution >= 0.6 is 0 Å². The van der Waals surface area contributed by atoms with Crippen molar-refractivity contribution in [2.75, 3.05) is 45.7 Å². The van der Waals surface area contributed by atoms with Crippen LogP contribution in [0.5, 0.6) is 5.75 Å². The first-order valence-corrected chi connectivity index (χ1v) is 13.7. The van der Waals surface area contributed by atoms with E-state index in [-0.39, 0.29) is 48.4 Å². The number of methoxy groups -OCH3 is 1. The van der Waals surface area contributed by atoms with Gasteiger partial charge < -0.3 is 29.9 Å². The number of rotatable bonds is 5. The summed E-state index contributed by atoms with van der Waals surface area (Å²) >= 11 is 0. The van der Waals surface area contributed by atoms with Crippen LogP contribution in [0.2, 0.25) is 0 Å². The summed E-state index contributed by atoms with van der Waals surface area (Å²) in [4.78, 5) is 42.8. The second-order valence-corrected chi connectivity index (χ2v) is 10.5. The predicted octanol–water partition coefficient (Wildman–Crippen LogP) is 4.13. The van der Waals surface area contributed by atoms with E-state index in [4.69, 9.17) is 9.47 Å². The molecule has 0 aromatic heterocycles.